The van der Waals surface area contributed by atoms with E-state index < -0.39 is 8.80 Å². The van der Waals surface area contributed by atoms with Gasteiger partial charge < -0.3 is 23.5 Å². The van der Waals surface area contributed by atoms with Gasteiger partial charge in [-0.2, -0.15) is 0 Å². The minimum Gasteiger partial charge on any atom is -0.373 e. The number of hydrogen-bond donors (Lipinski definition) is 1. The van der Waals surface area contributed by atoms with Gasteiger partial charge in [0.2, 0.25) is 11.8 Å². The predicted molar refractivity (Wildman–Crippen MR) is 229 cm³/mol. The van der Waals surface area contributed by atoms with E-state index in [9.17, 15) is 9.59 Å². The molecule has 316 valence electrons. The smallest absolute Gasteiger partial charge is 0.373 e. The van der Waals surface area contributed by atoms with Crippen LogP contribution in [0.15, 0.2) is 0 Å². The third-order valence-electron chi connectivity index (χ3n) is 10.7. The van der Waals surface area contributed by atoms with Crippen LogP contribution in [0.4, 0.5) is 0 Å². The number of carbonyl (C=O) groups is 2. The van der Waals surface area contributed by atoms with Crippen LogP contribution >= 0.6 is 0 Å². The monoisotopic (exact) mass is 769 g/mol. The summed E-state index contributed by atoms with van der Waals surface area (Å²) in [6.45, 7) is 15.4. The number of carbonyl (C=O) groups excluding carboxylic acids is 2. The number of hydrogen-bond acceptors (Lipinski definition) is 5. The van der Waals surface area contributed by atoms with Gasteiger partial charge in [0.1, 0.15) is 0 Å². The second kappa shape index (κ2) is 39.3. The maximum absolute atomic E-state index is 13.5. The molecule has 1 atom stereocenters. The molecule has 0 aromatic rings. The Morgan fingerprint density at radius 1 is 0.453 bits per heavy atom. The molecule has 2 amide bonds. The van der Waals surface area contributed by atoms with E-state index in [0.29, 0.717) is 26.2 Å². The Hall–Kier alpha value is -0.963. The highest BCUT2D eigenvalue weighted by atomic mass is 28.4. The molecular formula is C45H92N2O5Si. The Morgan fingerprint density at radius 2 is 0.755 bits per heavy atom. The van der Waals surface area contributed by atoms with Gasteiger partial charge in [-0.1, -0.05) is 188 Å². The summed E-state index contributed by atoms with van der Waals surface area (Å²) in [6, 6.07) is 0. The summed E-state index contributed by atoms with van der Waals surface area (Å²) in [5, 5.41) is 3.13. The lowest BCUT2D eigenvalue weighted by atomic mass is 10.0. The number of unbranched alkanes of at least 4 members (excludes halogenated alkanes) is 26. The summed E-state index contributed by atoms with van der Waals surface area (Å²) in [7, 11) is -3.09. The van der Waals surface area contributed by atoms with Crippen molar-refractivity contribution in [3.05, 3.63) is 0 Å². The average Bonchev–Trinajstić information content (AvgIpc) is 3.15. The maximum Gasteiger partial charge on any atom is 0.524 e. The van der Waals surface area contributed by atoms with Gasteiger partial charge in [-0.05, 0) is 40.0 Å². The third-order valence-corrected chi connectivity index (χ3v) is 14.2. The molecule has 53 heavy (non-hydrogen) atoms. The molecule has 0 heterocycles. The van der Waals surface area contributed by atoms with Crippen molar-refractivity contribution in [2.24, 2.45) is 0 Å². The summed E-state index contributed by atoms with van der Waals surface area (Å²) in [6.07, 6.45) is 38.3. The topological polar surface area (TPSA) is 77.1 Å². The molecule has 0 rings (SSSR count). The molecule has 0 aromatic heterocycles. The fourth-order valence-corrected chi connectivity index (χ4v) is 10.4. The standard InChI is InChI=1S/C45H92N2O5Si/c1-7-13-15-17-19-21-23-25-27-29-31-33-35-37-41-47(42-38-36-34-32-30-28-26-24-22-20-18-16-14-8-2)45(49)40-39-43(48)46-44(9-3)53(50-10-4,51-11-5)52-12-6/h44H,7-42H2,1-6H3,(H,46,48). The normalized spacial score (nSPS) is 12.3. The van der Waals surface area contributed by atoms with Gasteiger partial charge in [-0.25, -0.2) is 0 Å². The fourth-order valence-electron chi connectivity index (χ4n) is 7.47. The molecule has 0 fully saturated rings. The van der Waals surface area contributed by atoms with Gasteiger partial charge in [0.05, 0.1) is 5.67 Å². The minimum absolute atomic E-state index is 0.112. The van der Waals surface area contributed by atoms with E-state index in [1.54, 1.807) is 0 Å². The van der Waals surface area contributed by atoms with Crippen molar-refractivity contribution in [1.82, 2.24) is 10.2 Å². The first-order valence-electron chi connectivity index (χ1n) is 23.4. The lowest BCUT2D eigenvalue weighted by Crippen LogP contribution is -2.62. The molecule has 0 aromatic carbocycles. The quantitative estimate of drug-likeness (QED) is 0.0494. The van der Waals surface area contributed by atoms with Gasteiger partial charge in [0.25, 0.3) is 0 Å². The van der Waals surface area contributed by atoms with E-state index in [0.717, 1.165) is 25.9 Å². The van der Waals surface area contributed by atoms with Crippen LogP contribution in [0.5, 0.6) is 0 Å². The van der Waals surface area contributed by atoms with Crippen molar-refractivity contribution in [3.63, 3.8) is 0 Å². The second-order valence-electron chi connectivity index (χ2n) is 15.5. The summed E-state index contributed by atoms with van der Waals surface area (Å²) >= 11 is 0. The molecule has 0 aliphatic heterocycles. The first kappa shape index (κ1) is 52.0. The molecule has 1 unspecified atom stereocenters. The van der Waals surface area contributed by atoms with Crippen molar-refractivity contribution in [3.8, 4) is 0 Å². The van der Waals surface area contributed by atoms with Crippen molar-refractivity contribution >= 4 is 20.6 Å². The molecule has 7 nitrogen and oxygen atoms in total. The van der Waals surface area contributed by atoms with E-state index in [2.05, 4.69) is 24.1 Å². The molecule has 8 heteroatoms. The number of nitrogens with zero attached hydrogens (tertiary/aromatic N) is 1. The molecule has 1 N–H and O–H groups in total. The zero-order chi connectivity index (χ0) is 39.1. The Balaban J connectivity index is 4.69. The molecule has 0 bridgehead atoms. The zero-order valence-electron chi connectivity index (χ0n) is 36.5. The van der Waals surface area contributed by atoms with Crippen LogP contribution in [-0.4, -0.2) is 64.1 Å². The van der Waals surface area contributed by atoms with E-state index >= 15 is 0 Å². The molecule has 0 aliphatic carbocycles. The van der Waals surface area contributed by atoms with Crippen LogP contribution in [0, 0.1) is 0 Å². The van der Waals surface area contributed by atoms with E-state index in [4.69, 9.17) is 13.3 Å². The molecule has 0 radical (unpaired) electrons. The van der Waals surface area contributed by atoms with Crippen LogP contribution in [0.2, 0.25) is 0 Å². The maximum atomic E-state index is 13.5. The highest BCUT2D eigenvalue weighted by Gasteiger charge is 2.49. The zero-order valence-corrected chi connectivity index (χ0v) is 37.5. The van der Waals surface area contributed by atoms with Crippen molar-refractivity contribution in [2.75, 3.05) is 32.9 Å². The highest BCUT2D eigenvalue weighted by Crippen LogP contribution is 2.19. The molecular weight excluding hydrogens is 677 g/mol. The van der Waals surface area contributed by atoms with Crippen LogP contribution in [0.25, 0.3) is 0 Å². The predicted octanol–water partition coefficient (Wildman–Crippen LogP) is 13.0. The molecule has 0 aliphatic rings. The minimum atomic E-state index is -3.09. The Labute approximate surface area is 332 Å². The van der Waals surface area contributed by atoms with Gasteiger partial charge in [-0.3, -0.25) is 9.59 Å². The Morgan fingerprint density at radius 3 is 1.04 bits per heavy atom. The van der Waals surface area contributed by atoms with E-state index in [-0.39, 0.29) is 30.3 Å². The van der Waals surface area contributed by atoms with Crippen LogP contribution in [0.1, 0.15) is 241 Å². The summed E-state index contributed by atoms with van der Waals surface area (Å²) in [5.74, 6) is -0.0189. The number of nitrogens with one attached hydrogen (secondary N) is 1. The van der Waals surface area contributed by atoms with Crippen molar-refractivity contribution in [1.29, 1.82) is 0 Å². The van der Waals surface area contributed by atoms with Crippen molar-refractivity contribution < 1.29 is 22.9 Å². The van der Waals surface area contributed by atoms with Crippen molar-refractivity contribution in [2.45, 2.75) is 246 Å². The SMILES string of the molecule is CCCCCCCCCCCCCCCCN(CCCCCCCCCCCCCCCC)C(=O)CCC(=O)NC(CC)[Si](OCC)(OCC)OCC. The van der Waals surface area contributed by atoms with E-state index in [1.807, 2.05) is 27.7 Å². The molecule has 0 saturated heterocycles. The Kier molecular flexibility index (Phi) is 38.6. The fraction of sp³-hybridized carbons (Fsp3) is 0.956. The highest BCUT2D eigenvalue weighted by molar-refractivity contribution is 6.62. The molecule has 0 spiro atoms. The van der Waals surface area contributed by atoms with Gasteiger partial charge in [-0.15, -0.1) is 0 Å². The molecule has 0 saturated carbocycles. The third kappa shape index (κ3) is 29.9. The number of amides is 2. The number of rotatable bonds is 42. The van der Waals surface area contributed by atoms with E-state index in [1.165, 1.54) is 167 Å². The van der Waals surface area contributed by atoms with Crippen LogP contribution < -0.4 is 5.32 Å². The van der Waals surface area contributed by atoms with Crippen LogP contribution in [-0.2, 0) is 22.9 Å². The van der Waals surface area contributed by atoms with Gasteiger partial charge >= 0.3 is 8.80 Å². The lowest BCUT2D eigenvalue weighted by Gasteiger charge is -2.35. The largest absolute Gasteiger partial charge is 0.524 e. The summed E-state index contributed by atoms with van der Waals surface area (Å²) in [5.41, 5.74) is -0.327. The summed E-state index contributed by atoms with van der Waals surface area (Å²) < 4.78 is 18.2. The summed E-state index contributed by atoms with van der Waals surface area (Å²) in [4.78, 5) is 28.7. The first-order valence-corrected chi connectivity index (χ1v) is 25.2. The Bertz CT molecular complexity index is 752. The average molecular weight is 769 g/mol. The first-order chi connectivity index (χ1) is 25.9. The second-order valence-corrected chi connectivity index (χ2v) is 18.3. The van der Waals surface area contributed by atoms with Crippen LogP contribution in [0.3, 0.4) is 0 Å². The van der Waals surface area contributed by atoms with Gasteiger partial charge in [0.15, 0.2) is 0 Å². The lowest BCUT2D eigenvalue weighted by molar-refractivity contribution is -0.134. The van der Waals surface area contributed by atoms with Gasteiger partial charge in [0, 0.05) is 45.8 Å².